The van der Waals surface area contributed by atoms with Gasteiger partial charge in [-0.2, -0.15) is 0 Å². The molecule has 0 amide bonds. The van der Waals surface area contributed by atoms with Gasteiger partial charge >= 0.3 is 0 Å². The fourth-order valence-electron chi connectivity index (χ4n) is 4.82. The molecule has 172 valence electrons. The van der Waals surface area contributed by atoms with Gasteiger partial charge in [0.15, 0.2) is 5.11 Å². The van der Waals surface area contributed by atoms with Gasteiger partial charge in [0.25, 0.3) is 0 Å². The van der Waals surface area contributed by atoms with Gasteiger partial charge in [0, 0.05) is 42.2 Å². The van der Waals surface area contributed by atoms with Crippen LogP contribution in [-0.2, 0) is 6.54 Å². The van der Waals surface area contributed by atoms with Gasteiger partial charge in [-0.25, -0.2) is 0 Å². The van der Waals surface area contributed by atoms with Crippen molar-refractivity contribution in [2.75, 3.05) is 7.11 Å². The van der Waals surface area contributed by atoms with Crippen LogP contribution in [0.25, 0.3) is 5.69 Å². The quantitative estimate of drug-likeness (QED) is 0.398. The minimum atomic E-state index is -0.0600. The highest BCUT2D eigenvalue weighted by atomic mass is 32.1. The molecule has 2 atom stereocenters. The Kier molecular flexibility index (Phi) is 6.02. The minimum Gasteiger partial charge on any atom is -0.497 e. The minimum absolute atomic E-state index is 0.0131. The van der Waals surface area contributed by atoms with Crippen LogP contribution in [-0.4, -0.2) is 31.7 Å². The second-order valence-electron chi connectivity index (χ2n) is 8.48. The molecule has 1 fully saturated rings. The number of pyridine rings is 2. The molecule has 1 saturated heterocycles. The highest BCUT2D eigenvalue weighted by Gasteiger charge is 2.41. The number of benzene rings is 1. The van der Waals surface area contributed by atoms with E-state index in [4.69, 9.17) is 17.0 Å². The van der Waals surface area contributed by atoms with Crippen LogP contribution in [0.5, 0.6) is 5.75 Å². The van der Waals surface area contributed by atoms with E-state index in [9.17, 15) is 0 Å². The van der Waals surface area contributed by atoms with Crippen molar-refractivity contribution in [2.45, 2.75) is 32.5 Å². The van der Waals surface area contributed by atoms with Crippen molar-refractivity contribution >= 4 is 17.3 Å². The number of hydrogen-bond acceptors (Lipinski definition) is 4. The first kappa shape index (κ1) is 22.1. The molecule has 1 N–H and O–H groups in total. The summed E-state index contributed by atoms with van der Waals surface area (Å²) in [5.41, 5.74) is 6.75. The van der Waals surface area contributed by atoms with Gasteiger partial charge in [-0.15, -0.1) is 0 Å². The number of nitrogens with one attached hydrogen (secondary N) is 1. The molecular formula is C27H27N5OS. The van der Waals surface area contributed by atoms with Crippen LogP contribution in [0.15, 0.2) is 79.3 Å². The van der Waals surface area contributed by atoms with Crippen LogP contribution < -0.4 is 10.1 Å². The standard InChI is InChI=1S/C27H27N5OS/c1-18-15-23(19(2)32(18)21-9-11-22(33-3)12-10-21)26-25(24-8-4-5-14-29-24)30-27(34)31(26)17-20-7-6-13-28-16-20/h4-16,25-26H,17H2,1-3H3,(H,30,34)/t25-,26-/m1/s1. The number of aromatic nitrogens is 3. The molecule has 0 unspecified atom stereocenters. The normalized spacial score (nSPS) is 17.6. The molecule has 0 aliphatic carbocycles. The van der Waals surface area contributed by atoms with Crippen molar-refractivity contribution in [3.63, 3.8) is 0 Å². The van der Waals surface area contributed by atoms with E-state index in [0.717, 1.165) is 33.5 Å². The third-order valence-corrected chi connectivity index (χ3v) is 6.75. The molecule has 34 heavy (non-hydrogen) atoms. The summed E-state index contributed by atoms with van der Waals surface area (Å²) in [4.78, 5) is 11.2. The van der Waals surface area contributed by atoms with Gasteiger partial charge < -0.3 is 19.5 Å². The second kappa shape index (κ2) is 9.27. The van der Waals surface area contributed by atoms with E-state index >= 15 is 0 Å². The maximum atomic E-state index is 5.84. The summed E-state index contributed by atoms with van der Waals surface area (Å²) in [5, 5.41) is 4.27. The van der Waals surface area contributed by atoms with Gasteiger partial charge in [0.05, 0.1) is 24.9 Å². The zero-order valence-corrected chi connectivity index (χ0v) is 20.3. The summed E-state index contributed by atoms with van der Waals surface area (Å²) >= 11 is 5.84. The van der Waals surface area contributed by atoms with E-state index in [1.54, 1.807) is 13.3 Å². The number of aryl methyl sites for hydroxylation is 1. The predicted molar refractivity (Wildman–Crippen MR) is 137 cm³/mol. The van der Waals surface area contributed by atoms with Gasteiger partial charge in [0.2, 0.25) is 0 Å². The van der Waals surface area contributed by atoms with E-state index in [1.165, 1.54) is 11.3 Å². The number of methoxy groups -OCH3 is 1. The summed E-state index contributed by atoms with van der Waals surface area (Å²) in [6.07, 6.45) is 5.52. The van der Waals surface area contributed by atoms with Gasteiger partial charge in [-0.05, 0) is 85.7 Å². The Hall–Kier alpha value is -3.71. The van der Waals surface area contributed by atoms with Crippen LogP contribution in [0, 0.1) is 13.8 Å². The van der Waals surface area contributed by atoms with Crippen LogP contribution >= 0.6 is 12.2 Å². The largest absolute Gasteiger partial charge is 0.497 e. The van der Waals surface area contributed by atoms with E-state index < -0.39 is 0 Å². The molecule has 1 aliphatic heterocycles. The zero-order valence-electron chi connectivity index (χ0n) is 19.5. The molecule has 4 heterocycles. The summed E-state index contributed by atoms with van der Waals surface area (Å²) < 4.78 is 7.63. The number of thiocarbonyl (C=S) groups is 1. The molecule has 0 bridgehead atoms. The molecule has 6 nitrogen and oxygen atoms in total. The lowest BCUT2D eigenvalue weighted by atomic mass is 9.96. The fourth-order valence-corrected chi connectivity index (χ4v) is 5.12. The van der Waals surface area contributed by atoms with Crippen LogP contribution in [0.1, 0.15) is 40.3 Å². The number of nitrogens with zero attached hydrogens (tertiary/aromatic N) is 4. The average Bonchev–Trinajstić information content (AvgIpc) is 3.35. The van der Waals surface area contributed by atoms with Crippen molar-refractivity contribution in [3.05, 3.63) is 107 Å². The highest BCUT2D eigenvalue weighted by Crippen LogP contribution is 2.42. The Bertz CT molecular complexity index is 1290. The molecule has 0 spiro atoms. The number of rotatable bonds is 6. The molecule has 5 rings (SSSR count). The molecule has 3 aromatic heterocycles. The lowest BCUT2D eigenvalue weighted by Gasteiger charge is -2.28. The predicted octanol–water partition coefficient (Wildman–Crippen LogP) is 5.07. The Morgan fingerprint density at radius 2 is 1.85 bits per heavy atom. The number of hydrogen-bond donors (Lipinski definition) is 1. The molecular weight excluding hydrogens is 442 g/mol. The highest BCUT2D eigenvalue weighted by molar-refractivity contribution is 7.80. The van der Waals surface area contributed by atoms with Crippen molar-refractivity contribution in [3.8, 4) is 11.4 Å². The summed E-state index contributed by atoms with van der Waals surface area (Å²) in [7, 11) is 1.68. The van der Waals surface area contributed by atoms with Crippen molar-refractivity contribution < 1.29 is 4.74 Å². The third kappa shape index (κ3) is 4.03. The van der Waals surface area contributed by atoms with E-state index in [0.29, 0.717) is 6.54 Å². The van der Waals surface area contributed by atoms with E-state index in [-0.39, 0.29) is 12.1 Å². The monoisotopic (exact) mass is 469 g/mol. The van der Waals surface area contributed by atoms with Crippen LogP contribution in [0.3, 0.4) is 0 Å². The van der Waals surface area contributed by atoms with Crippen LogP contribution in [0.4, 0.5) is 0 Å². The Morgan fingerprint density at radius 3 is 2.53 bits per heavy atom. The maximum absolute atomic E-state index is 5.84. The molecule has 1 aliphatic rings. The fraction of sp³-hybridized carbons (Fsp3) is 0.222. The summed E-state index contributed by atoms with van der Waals surface area (Å²) in [5.74, 6) is 0.842. The number of ether oxygens (including phenoxy) is 1. The summed E-state index contributed by atoms with van der Waals surface area (Å²) in [6.45, 7) is 4.98. The average molecular weight is 470 g/mol. The Labute approximate surface area is 205 Å². The van der Waals surface area contributed by atoms with Crippen molar-refractivity contribution in [1.29, 1.82) is 0 Å². The molecule has 1 aromatic carbocycles. The lowest BCUT2D eigenvalue weighted by molar-refractivity contribution is 0.310. The maximum Gasteiger partial charge on any atom is 0.170 e. The molecule has 4 aromatic rings. The first-order valence-electron chi connectivity index (χ1n) is 11.3. The SMILES string of the molecule is COc1ccc(-n2c(C)cc([C@@H]3[C@@H](c4ccccn4)NC(=S)N3Cc3cccnc3)c2C)cc1. The van der Waals surface area contributed by atoms with Gasteiger partial charge in [0.1, 0.15) is 5.75 Å². The Balaban J connectivity index is 1.60. The van der Waals surface area contributed by atoms with E-state index in [2.05, 4.69) is 68.9 Å². The smallest absolute Gasteiger partial charge is 0.170 e. The second-order valence-corrected chi connectivity index (χ2v) is 8.86. The molecule has 0 saturated carbocycles. The van der Waals surface area contributed by atoms with Crippen LogP contribution in [0.2, 0.25) is 0 Å². The van der Waals surface area contributed by atoms with Crippen molar-refractivity contribution in [1.82, 2.24) is 24.8 Å². The van der Waals surface area contributed by atoms with E-state index in [1.807, 2.05) is 42.7 Å². The summed E-state index contributed by atoms with van der Waals surface area (Å²) in [6, 6.07) is 20.4. The Morgan fingerprint density at radius 1 is 1.03 bits per heavy atom. The topological polar surface area (TPSA) is 55.2 Å². The van der Waals surface area contributed by atoms with Crippen molar-refractivity contribution in [2.24, 2.45) is 0 Å². The molecule has 0 radical (unpaired) electrons. The van der Waals surface area contributed by atoms with Gasteiger partial charge in [-0.1, -0.05) is 12.1 Å². The molecule has 7 heteroatoms. The van der Waals surface area contributed by atoms with Gasteiger partial charge in [-0.3, -0.25) is 9.97 Å². The third-order valence-electron chi connectivity index (χ3n) is 6.39. The lowest BCUT2D eigenvalue weighted by Crippen LogP contribution is -2.29. The zero-order chi connectivity index (χ0) is 23.7. The first-order chi connectivity index (χ1) is 16.6. The first-order valence-corrected chi connectivity index (χ1v) is 11.7.